The molecule has 0 saturated carbocycles. The Morgan fingerprint density at radius 3 is 2.39 bits per heavy atom. The number of likely N-dealkylation sites (N-methyl/N-ethyl adjacent to an activating group) is 1. The number of hydrogen-bond acceptors (Lipinski definition) is 4. The third kappa shape index (κ3) is 5.40. The zero-order valence-corrected chi connectivity index (χ0v) is 15.7. The summed E-state index contributed by atoms with van der Waals surface area (Å²) in [6.45, 7) is 13.2. The van der Waals surface area contributed by atoms with E-state index in [1.807, 2.05) is 12.1 Å². The first-order valence-electron chi connectivity index (χ1n) is 8.66. The second kappa shape index (κ2) is 9.14. The average molecular weight is 322 g/mol. The largest absolute Gasteiger partial charge is 0.497 e. The molecule has 0 bridgehead atoms. The molecule has 0 fully saturated rings. The van der Waals surface area contributed by atoms with Crippen LogP contribution in [0.2, 0.25) is 0 Å². The Kier molecular flexibility index (Phi) is 7.86. The van der Waals surface area contributed by atoms with Gasteiger partial charge in [-0.05, 0) is 39.8 Å². The second-order valence-corrected chi connectivity index (χ2v) is 6.81. The first-order chi connectivity index (χ1) is 10.9. The highest BCUT2D eigenvalue weighted by Gasteiger charge is 2.29. The van der Waals surface area contributed by atoms with Crippen molar-refractivity contribution in [2.45, 2.75) is 59.0 Å². The van der Waals surface area contributed by atoms with Crippen LogP contribution in [0.3, 0.4) is 0 Å². The number of hydrogen-bond donors (Lipinski definition) is 1. The Morgan fingerprint density at radius 1 is 1.22 bits per heavy atom. The van der Waals surface area contributed by atoms with Crippen molar-refractivity contribution in [2.24, 2.45) is 5.73 Å². The number of nitrogens with two attached hydrogens (primary N) is 1. The fourth-order valence-corrected chi connectivity index (χ4v) is 2.95. The molecular formula is C19H34N2O2. The van der Waals surface area contributed by atoms with Gasteiger partial charge in [0.2, 0.25) is 0 Å². The third-order valence-electron chi connectivity index (χ3n) is 4.14. The lowest BCUT2D eigenvalue weighted by molar-refractivity contribution is 0.0899. The predicted molar refractivity (Wildman–Crippen MR) is 97.3 cm³/mol. The van der Waals surface area contributed by atoms with Crippen LogP contribution in [0.4, 0.5) is 0 Å². The summed E-state index contributed by atoms with van der Waals surface area (Å²) < 4.78 is 11.4. The van der Waals surface area contributed by atoms with Crippen LogP contribution in [0.1, 0.15) is 59.1 Å². The summed E-state index contributed by atoms with van der Waals surface area (Å²) in [7, 11) is 1.68. The molecule has 132 valence electrons. The van der Waals surface area contributed by atoms with Crippen LogP contribution < -0.4 is 15.2 Å². The molecule has 1 rings (SSSR count). The Bertz CT molecular complexity index is 469. The number of rotatable bonds is 9. The Morgan fingerprint density at radius 2 is 1.91 bits per heavy atom. The molecule has 1 atom stereocenters. The molecule has 0 radical (unpaired) electrons. The van der Waals surface area contributed by atoms with Gasteiger partial charge in [-0.2, -0.15) is 0 Å². The van der Waals surface area contributed by atoms with E-state index in [1.165, 1.54) is 0 Å². The molecule has 1 aromatic carbocycles. The zero-order chi connectivity index (χ0) is 17.5. The van der Waals surface area contributed by atoms with E-state index in [0.29, 0.717) is 6.54 Å². The number of benzene rings is 1. The van der Waals surface area contributed by atoms with E-state index >= 15 is 0 Å². The Labute approximate surface area is 142 Å². The van der Waals surface area contributed by atoms with Crippen LogP contribution in [0.5, 0.6) is 11.5 Å². The lowest BCUT2D eigenvalue weighted by Gasteiger charge is -2.41. The van der Waals surface area contributed by atoms with Crippen molar-refractivity contribution in [1.82, 2.24) is 4.90 Å². The van der Waals surface area contributed by atoms with E-state index in [-0.39, 0.29) is 11.6 Å². The standard InChI is InChI=1S/C19H34N2O2/c1-7-9-12-23-18-13-15(22-6)10-11-16(18)17(14-20)21(8-2)19(3,4)5/h10-11,13,17H,7-9,12,14,20H2,1-6H3. The molecule has 2 N–H and O–H groups in total. The lowest BCUT2D eigenvalue weighted by atomic mass is 9.97. The van der Waals surface area contributed by atoms with E-state index in [4.69, 9.17) is 15.2 Å². The number of nitrogens with zero attached hydrogens (tertiary/aromatic N) is 1. The van der Waals surface area contributed by atoms with Gasteiger partial charge in [0.1, 0.15) is 11.5 Å². The number of methoxy groups -OCH3 is 1. The zero-order valence-electron chi connectivity index (χ0n) is 15.7. The van der Waals surface area contributed by atoms with Gasteiger partial charge in [0.25, 0.3) is 0 Å². The van der Waals surface area contributed by atoms with Gasteiger partial charge in [0, 0.05) is 23.7 Å². The topological polar surface area (TPSA) is 47.7 Å². The molecule has 23 heavy (non-hydrogen) atoms. The minimum atomic E-state index is 0.0411. The maximum absolute atomic E-state index is 6.14. The first-order valence-corrected chi connectivity index (χ1v) is 8.66. The second-order valence-electron chi connectivity index (χ2n) is 6.81. The fourth-order valence-electron chi connectivity index (χ4n) is 2.95. The van der Waals surface area contributed by atoms with E-state index < -0.39 is 0 Å². The molecule has 0 aromatic heterocycles. The van der Waals surface area contributed by atoms with Crippen LogP contribution in [-0.2, 0) is 0 Å². The molecular weight excluding hydrogens is 288 g/mol. The fraction of sp³-hybridized carbons (Fsp3) is 0.684. The molecule has 4 heteroatoms. The maximum Gasteiger partial charge on any atom is 0.127 e. The van der Waals surface area contributed by atoms with Gasteiger partial charge in [-0.3, -0.25) is 4.90 Å². The molecule has 0 aliphatic rings. The summed E-state index contributed by atoms with van der Waals surface area (Å²) in [4.78, 5) is 2.42. The Hall–Kier alpha value is -1.26. The van der Waals surface area contributed by atoms with Gasteiger partial charge in [-0.15, -0.1) is 0 Å². The molecule has 1 unspecified atom stereocenters. The van der Waals surface area contributed by atoms with E-state index in [1.54, 1.807) is 7.11 Å². The maximum atomic E-state index is 6.14. The monoisotopic (exact) mass is 322 g/mol. The van der Waals surface area contributed by atoms with Gasteiger partial charge in [-0.25, -0.2) is 0 Å². The normalized spacial score (nSPS) is 13.2. The van der Waals surface area contributed by atoms with Gasteiger partial charge in [0.15, 0.2) is 0 Å². The average Bonchev–Trinajstić information content (AvgIpc) is 2.51. The molecule has 0 aliphatic heterocycles. The SMILES string of the molecule is CCCCOc1cc(OC)ccc1C(CN)N(CC)C(C)(C)C. The van der Waals surface area contributed by atoms with Crippen molar-refractivity contribution in [2.75, 3.05) is 26.8 Å². The molecule has 0 amide bonds. The quantitative estimate of drug-likeness (QED) is 0.698. The van der Waals surface area contributed by atoms with Gasteiger partial charge in [0.05, 0.1) is 19.8 Å². The molecule has 1 aromatic rings. The first kappa shape index (κ1) is 19.8. The van der Waals surface area contributed by atoms with E-state index in [9.17, 15) is 0 Å². The van der Waals surface area contributed by atoms with Crippen LogP contribution >= 0.6 is 0 Å². The molecule has 4 nitrogen and oxygen atoms in total. The van der Waals surface area contributed by atoms with Crippen LogP contribution in [0, 0.1) is 0 Å². The highest BCUT2D eigenvalue weighted by atomic mass is 16.5. The summed E-state index contributed by atoms with van der Waals surface area (Å²) in [5.74, 6) is 1.70. The van der Waals surface area contributed by atoms with Crippen LogP contribution in [0.25, 0.3) is 0 Å². The van der Waals surface area contributed by atoms with Gasteiger partial charge < -0.3 is 15.2 Å². The van der Waals surface area contributed by atoms with Crippen molar-refractivity contribution < 1.29 is 9.47 Å². The summed E-state index contributed by atoms with van der Waals surface area (Å²) >= 11 is 0. The number of ether oxygens (including phenoxy) is 2. The van der Waals surface area contributed by atoms with Gasteiger partial charge in [-0.1, -0.05) is 26.3 Å². The van der Waals surface area contributed by atoms with Gasteiger partial charge >= 0.3 is 0 Å². The smallest absolute Gasteiger partial charge is 0.127 e. The minimum absolute atomic E-state index is 0.0411. The van der Waals surface area contributed by atoms with E-state index in [0.717, 1.165) is 43.1 Å². The van der Waals surface area contributed by atoms with Crippen molar-refractivity contribution in [1.29, 1.82) is 0 Å². The highest BCUT2D eigenvalue weighted by molar-refractivity contribution is 5.43. The number of unbranched alkanes of at least 4 members (excludes halogenated alkanes) is 1. The van der Waals surface area contributed by atoms with Crippen molar-refractivity contribution in [3.05, 3.63) is 23.8 Å². The van der Waals surface area contributed by atoms with Crippen molar-refractivity contribution in [3.63, 3.8) is 0 Å². The molecule has 0 spiro atoms. The summed E-state index contributed by atoms with van der Waals surface area (Å²) in [6, 6.07) is 6.18. The molecule has 0 heterocycles. The van der Waals surface area contributed by atoms with Crippen LogP contribution in [-0.4, -0.2) is 37.2 Å². The summed E-state index contributed by atoms with van der Waals surface area (Å²) in [5, 5.41) is 0. The lowest BCUT2D eigenvalue weighted by Crippen LogP contribution is -2.46. The van der Waals surface area contributed by atoms with Crippen molar-refractivity contribution >= 4 is 0 Å². The predicted octanol–water partition coefficient (Wildman–Crippen LogP) is 3.99. The molecule has 0 aliphatic carbocycles. The Balaban J connectivity index is 3.19. The third-order valence-corrected chi connectivity index (χ3v) is 4.14. The highest BCUT2D eigenvalue weighted by Crippen LogP contribution is 2.35. The van der Waals surface area contributed by atoms with Crippen LogP contribution in [0.15, 0.2) is 18.2 Å². The van der Waals surface area contributed by atoms with E-state index in [2.05, 4.69) is 45.6 Å². The summed E-state index contributed by atoms with van der Waals surface area (Å²) in [5.41, 5.74) is 7.32. The summed E-state index contributed by atoms with van der Waals surface area (Å²) in [6.07, 6.45) is 2.16. The minimum Gasteiger partial charge on any atom is -0.497 e. The molecule has 0 saturated heterocycles. The van der Waals surface area contributed by atoms with Crippen molar-refractivity contribution in [3.8, 4) is 11.5 Å².